The first kappa shape index (κ1) is 13.0. The lowest BCUT2D eigenvalue weighted by Gasteiger charge is -2.12. The summed E-state index contributed by atoms with van der Waals surface area (Å²) in [6, 6.07) is 6.78. The molecule has 0 unspecified atom stereocenters. The molecule has 0 atom stereocenters. The van der Waals surface area contributed by atoms with E-state index in [1.54, 1.807) is 25.4 Å². The van der Waals surface area contributed by atoms with E-state index >= 15 is 0 Å². The highest BCUT2D eigenvalue weighted by Gasteiger charge is 2.07. The van der Waals surface area contributed by atoms with Crippen LogP contribution in [-0.2, 0) is 6.54 Å². The van der Waals surface area contributed by atoms with Gasteiger partial charge in [-0.1, -0.05) is 0 Å². The molecule has 0 saturated carbocycles. The molecule has 0 aliphatic rings. The molecule has 0 bridgehead atoms. The van der Waals surface area contributed by atoms with Crippen LogP contribution in [0.3, 0.4) is 0 Å². The molecule has 1 N–H and O–H groups in total. The quantitative estimate of drug-likeness (QED) is 0.915. The summed E-state index contributed by atoms with van der Waals surface area (Å²) in [6.07, 6.45) is 3.52. The number of hydrogen-bond acceptors (Lipinski definition) is 3. The molecule has 0 fully saturated rings. The number of hydrogen-bond donors (Lipinski definition) is 1. The SMILES string of the molecule is Cc1ccncc1CNc1cc(C#N)cc(F)c1C. The third kappa shape index (κ3) is 2.89. The maximum Gasteiger partial charge on any atom is 0.129 e. The molecular weight excluding hydrogens is 241 g/mol. The van der Waals surface area contributed by atoms with Crippen LogP contribution in [0.5, 0.6) is 0 Å². The third-order valence-corrected chi connectivity index (χ3v) is 3.09. The normalized spacial score (nSPS) is 10.0. The van der Waals surface area contributed by atoms with Gasteiger partial charge in [0.2, 0.25) is 0 Å². The van der Waals surface area contributed by atoms with Crippen LogP contribution in [0.15, 0.2) is 30.6 Å². The van der Waals surface area contributed by atoms with Gasteiger partial charge in [-0.15, -0.1) is 0 Å². The van der Waals surface area contributed by atoms with E-state index in [-0.39, 0.29) is 5.82 Å². The van der Waals surface area contributed by atoms with Gasteiger partial charge >= 0.3 is 0 Å². The molecule has 0 spiro atoms. The van der Waals surface area contributed by atoms with Crippen LogP contribution in [0.2, 0.25) is 0 Å². The summed E-state index contributed by atoms with van der Waals surface area (Å²) in [5, 5.41) is 12.0. The van der Waals surface area contributed by atoms with Gasteiger partial charge in [-0.25, -0.2) is 4.39 Å². The average molecular weight is 255 g/mol. The van der Waals surface area contributed by atoms with Gasteiger partial charge in [0.25, 0.3) is 0 Å². The molecule has 1 aromatic carbocycles. The van der Waals surface area contributed by atoms with Crippen molar-refractivity contribution in [2.24, 2.45) is 0 Å². The molecule has 1 aromatic heterocycles. The van der Waals surface area contributed by atoms with Crippen molar-refractivity contribution in [3.63, 3.8) is 0 Å². The molecule has 0 aliphatic heterocycles. The number of halogens is 1. The van der Waals surface area contributed by atoms with Crippen LogP contribution >= 0.6 is 0 Å². The predicted molar refractivity (Wildman–Crippen MR) is 72.2 cm³/mol. The molecule has 3 nitrogen and oxygen atoms in total. The number of anilines is 1. The summed E-state index contributed by atoms with van der Waals surface area (Å²) >= 11 is 0. The van der Waals surface area contributed by atoms with E-state index in [0.29, 0.717) is 23.4 Å². The topological polar surface area (TPSA) is 48.7 Å². The van der Waals surface area contributed by atoms with E-state index in [1.165, 1.54) is 6.07 Å². The zero-order chi connectivity index (χ0) is 13.8. The molecule has 0 saturated heterocycles. The largest absolute Gasteiger partial charge is 0.381 e. The van der Waals surface area contributed by atoms with Crippen molar-refractivity contribution in [3.05, 3.63) is 58.7 Å². The molecule has 96 valence electrons. The standard InChI is InChI=1S/C15H14FN3/c1-10-3-4-18-8-13(10)9-19-15-6-12(7-17)5-14(16)11(15)2/h3-6,8,19H,9H2,1-2H3. The molecule has 4 heteroatoms. The lowest BCUT2D eigenvalue weighted by atomic mass is 10.1. The van der Waals surface area contributed by atoms with Crippen molar-refractivity contribution in [2.45, 2.75) is 20.4 Å². The Hall–Kier alpha value is -2.41. The van der Waals surface area contributed by atoms with Crippen molar-refractivity contribution in [1.29, 1.82) is 5.26 Å². The summed E-state index contributed by atoms with van der Waals surface area (Å²) in [7, 11) is 0. The maximum absolute atomic E-state index is 13.6. The molecule has 0 amide bonds. The zero-order valence-corrected chi connectivity index (χ0v) is 10.9. The molecule has 1 heterocycles. The highest BCUT2D eigenvalue weighted by atomic mass is 19.1. The number of pyridine rings is 1. The van der Waals surface area contributed by atoms with Gasteiger partial charge in [-0.3, -0.25) is 4.98 Å². The number of aryl methyl sites for hydroxylation is 1. The highest BCUT2D eigenvalue weighted by Crippen LogP contribution is 2.21. The van der Waals surface area contributed by atoms with Crippen molar-refractivity contribution < 1.29 is 4.39 Å². The maximum atomic E-state index is 13.6. The average Bonchev–Trinajstić information content (AvgIpc) is 2.42. The van der Waals surface area contributed by atoms with Crippen molar-refractivity contribution >= 4 is 5.69 Å². The van der Waals surface area contributed by atoms with Gasteiger partial charge in [0, 0.05) is 30.2 Å². The first-order valence-corrected chi connectivity index (χ1v) is 5.95. The summed E-state index contributed by atoms with van der Waals surface area (Å²) in [6.45, 7) is 4.24. The third-order valence-electron chi connectivity index (χ3n) is 3.09. The van der Waals surface area contributed by atoms with Crippen LogP contribution in [0.1, 0.15) is 22.3 Å². The van der Waals surface area contributed by atoms with Gasteiger partial charge in [0.15, 0.2) is 0 Å². The molecule has 0 radical (unpaired) electrons. The first-order chi connectivity index (χ1) is 9.11. The Morgan fingerprint density at radius 2 is 2.16 bits per heavy atom. The fourth-order valence-electron chi connectivity index (χ4n) is 1.80. The van der Waals surface area contributed by atoms with E-state index in [2.05, 4.69) is 10.3 Å². The van der Waals surface area contributed by atoms with E-state index in [9.17, 15) is 4.39 Å². The lowest BCUT2D eigenvalue weighted by Crippen LogP contribution is -2.04. The molecule has 0 aliphatic carbocycles. The van der Waals surface area contributed by atoms with Crippen LogP contribution in [0.4, 0.5) is 10.1 Å². The highest BCUT2D eigenvalue weighted by molar-refractivity contribution is 5.56. The smallest absolute Gasteiger partial charge is 0.129 e. The summed E-state index contributed by atoms with van der Waals surface area (Å²) in [5.41, 5.74) is 3.63. The predicted octanol–water partition coefficient (Wildman–Crippen LogP) is 3.32. The second kappa shape index (κ2) is 5.49. The van der Waals surface area contributed by atoms with Crippen molar-refractivity contribution in [3.8, 4) is 6.07 Å². The van der Waals surface area contributed by atoms with Crippen molar-refractivity contribution in [2.75, 3.05) is 5.32 Å². The zero-order valence-electron chi connectivity index (χ0n) is 10.9. The lowest BCUT2D eigenvalue weighted by molar-refractivity contribution is 0.618. The number of rotatable bonds is 3. The summed E-state index contributed by atoms with van der Waals surface area (Å²) < 4.78 is 13.6. The number of benzene rings is 1. The number of nitrogens with one attached hydrogen (secondary N) is 1. The monoisotopic (exact) mass is 255 g/mol. The Labute approximate surface area is 111 Å². The number of nitriles is 1. The van der Waals surface area contributed by atoms with Gasteiger partial charge in [0.05, 0.1) is 11.6 Å². The second-order valence-corrected chi connectivity index (χ2v) is 4.40. The Morgan fingerprint density at radius 1 is 1.37 bits per heavy atom. The second-order valence-electron chi connectivity index (χ2n) is 4.40. The van der Waals surface area contributed by atoms with E-state index in [4.69, 9.17) is 5.26 Å². The molecule has 19 heavy (non-hydrogen) atoms. The van der Waals surface area contributed by atoms with Gasteiger partial charge in [-0.05, 0) is 43.2 Å². The number of nitrogens with zero attached hydrogens (tertiary/aromatic N) is 2. The minimum atomic E-state index is -0.371. The van der Waals surface area contributed by atoms with Gasteiger partial charge in [0.1, 0.15) is 5.82 Å². The minimum absolute atomic E-state index is 0.313. The van der Waals surface area contributed by atoms with Gasteiger partial charge < -0.3 is 5.32 Å². The minimum Gasteiger partial charge on any atom is -0.381 e. The van der Waals surface area contributed by atoms with E-state index in [1.807, 2.05) is 19.1 Å². The van der Waals surface area contributed by atoms with Crippen LogP contribution in [0.25, 0.3) is 0 Å². The first-order valence-electron chi connectivity index (χ1n) is 5.95. The Morgan fingerprint density at radius 3 is 2.84 bits per heavy atom. The van der Waals surface area contributed by atoms with Crippen molar-refractivity contribution in [1.82, 2.24) is 4.98 Å². The fraction of sp³-hybridized carbons (Fsp3) is 0.200. The Bertz CT molecular complexity index is 644. The van der Waals surface area contributed by atoms with Crippen LogP contribution in [-0.4, -0.2) is 4.98 Å². The van der Waals surface area contributed by atoms with Crippen LogP contribution in [0, 0.1) is 31.0 Å². The molecule has 2 aromatic rings. The van der Waals surface area contributed by atoms with Crippen LogP contribution < -0.4 is 5.32 Å². The number of aromatic nitrogens is 1. The Balaban J connectivity index is 2.23. The molecular formula is C15H14FN3. The Kier molecular flexibility index (Phi) is 3.76. The summed E-state index contributed by atoms with van der Waals surface area (Å²) in [5.74, 6) is -0.371. The molecule has 2 rings (SSSR count). The van der Waals surface area contributed by atoms with Gasteiger partial charge in [-0.2, -0.15) is 5.26 Å². The van der Waals surface area contributed by atoms with E-state index in [0.717, 1.165) is 11.1 Å². The fourth-order valence-corrected chi connectivity index (χ4v) is 1.80. The van der Waals surface area contributed by atoms with E-state index < -0.39 is 0 Å². The summed E-state index contributed by atoms with van der Waals surface area (Å²) in [4.78, 5) is 4.07.